The standard InChI is InChI=1S/C17H17IN2S/c1-13-9-15(18)11-20-16(10-19-17(13)20)12-21-8-7-14-5-3-2-4-6-14/h2-6,9-11H,7-8,12H2,1H3. The number of nitrogens with zero attached hydrogens (tertiary/aromatic N) is 2. The molecule has 0 aliphatic rings. The SMILES string of the molecule is Cc1cc(I)cn2c(CSCCc3ccccc3)cnc12. The molecule has 0 amide bonds. The van der Waals surface area contributed by atoms with Crippen molar-refractivity contribution in [3.05, 3.63) is 69.2 Å². The summed E-state index contributed by atoms with van der Waals surface area (Å²) in [7, 11) is 0. The summed E-state index contributed by atoms with van der Waals surface area (Å²) in [5, 5.41) is 0. The van der Waals surface area contributed by atoms with Gasteiger partial charge in [0.2, 0.25) is 0 Å². The normalized spacial score (nSPS) is 11.1. The molecule has 3 aromatic rings. The number of rotatable bonds is 5. The zero-order valence-corrected chi connectivity index (χ0v) is 14.9. The summed E-state index contributed by atoms with van der Waals surface area (Å²) in [6, 6.07) is 12.8. The zero-order valence-electron chi connectivity index (χ0n) is 11.9. The van der Waals surface area contributed by atoms with Crippen LogP contribution in [-0.4, -0.2) is 15.1 Å². The fraction of sp³-hybridized carbons (Fsp3) is 0.235. The van der Waals surface area contributed by atoms with Crippen molar-refractivity contribution in [2.75, 3.05) is 5.75 Å². The monoisotopic (exact) mass is 408 g/mol. The lowest BCUT2D eigenvalue weighted by molar-refractivity contribution is 1.07. The molecule has 2 nitrogen and oxygen atoms in total. The lowest BCUT2D eigenvalue weighted by Gasteiger charge is -2.05. The molecular formula is C17H17IN2S. The third kappa shape index (κ3) is 3.61. The predicted octanol–water partition coefficient (Wildman–Crippen LogP) is 4.72. The van der Waals surface area contributed by atoms with Gasteiger partial charge >= 0.3 is 0 Å². The highest BCUT2D eigenvalue weighted by molar-refractivity contribution is 14.1. The van der Waals surface area contributed by atoms with Crippen LogP contribution in [0.5, 0.6) is 0 Å². The summed E-state index contributed by atoms with van der Waals surface area (Å²) < 4.78 is 3.48. The number of fused-ring (bicyclic) bond motifs is 1. The second-order valence-electron chi connectivity index (χ2n) is 5.07. The topological polar surface area (TPSA) is 17.3 Å². The lowest BCUT2D eigenvalue weighted by Crippen LogP contribution is -1.95. The summed E-state index contributed by atoms with van der Waals surface area (Å²) in [4.78, 5) is 4.54. The van der Waals surface area contributed by atoms with Crippen molar-refractivity contribution in [2.45, 2.75) is 19.1 Å². The van der Waals surface area contributed by atoms with Crippen LogP contribution in [0.3, 0.4) is 0 Å². The van der Waals surface area contributed by atoms with Crippen molar-refractivity contribution in [2.24, 2.45) is 0 Å². The Labute approximate surface area is 143 Å². The van der Waals surface area contributed by atoms with E-state index in [1.807, 2.05) is 18.0 Å². The van der Waals surface area contributed by atoms with E-state index >= 15 is 0 Å². The number of imidazole rings is 1. The van der Waals surface area contributed by atoms with E-state index in [1.54, 1.807) is 0 Å². The molecule has 3 rings (SSSR count). The minimum atomic E-state index is 1.01. The molecule has 0 aliphatic heterocycles. The quantitative estimate of drug-likeness (QED) is 0.449. The molecule has 0 bridgehead atoms. The van der Waals surface area contributed by atoms with Gasteiger partial charge in [-0.3, -0.25) is 0 Å². The third-order valence-electron chi connectivity index (χ3n) is 3.46. The van der Waals surface area contributed by atoms with Crippen LogP contribution >= 0.6 is 34.4 Å². The lowest BCUT2D eigenvalue weighted by atomic mass is 10.2. The Hall–Kier alpha value is -1.01. The first-order chi connectivity index (χ1) is 10.2. The van der Waals surface area contributed by atoms with Crippen LogP contribution in [0.15, 0.2) is 48.8 Å². The van der Waals surface area contributed by atoms with Crippen LogP contribution in [0.25, 0.3) is 5.65 Å². The van der Waals surface area contributed by atoms with Crippen LogP contribution in [0.4, 0.5) is 0 Å². The highest BCUT2D eigenvalue weighted by Crippen LogP contribution is 2.19. The van der Waals surface area contributed by atoms with Crippen molar-refractivity contribution in [3.63, 3.8) is 0 Å². The number of pyridine rings is 1. The Balaban J connectivity index is 1.63. The molecule has 21 heavy (non-hydrogen) atoms. The molecule has 2 aromatic heterocycles. The molecule has 0 radical (unpaired) electrons. The molecule has 1 aromatic carbocycles. The van der Waals surface area contributed by atoms with Gasteiger partial charge < -0.3 is 4.40 Å². The molecule has 0 N–H and O–H groups in total. The van der Waals surface area contributed by atoms with Crippen molar-refractivity contribution < 1.29 is 0 Å². The molecule has 2 heterocycles. The molecule has 0 unspecified atom stereocenters. The van der Waals surface area contributed by atoms with E-state index < -0.39 is 0 Å². The maximum Gasteiger partial charge on any atom is 0.139 e. The van der Waals surface area contributed by atoms with Crippen molar-refractivity contribution in [1.29, 1.82) is 0 Å². The van der Waals surface area contributed by atoms with E-state index in [0.717, 1.165) is 23.6 Å². The minimum Gasteiger partial charge on any atom is -0.302 e. The molecule has 0 saturated heterocycles. The Morgan fingerprint density at radius 2 is 2.05 bits per heavy atom. The van der Waals surface area contributed by atoms with E-state index in [9.17, 15) is 0 Å². The van der Waals surface area contributed by atoms with Crippen molar-refractivity contribution in [3.8, 4) is 0 Å². The van der Waals surface area contributed by atoms with Crippen LogP contribution in [0, 0.1) is 10.5 Å². The summed E-state index contributed by atoms with van der Waals surface area (Å²) in [6.45, 7) is 2.12. The van der Waals surface area contributed by atoms with Gasteiger partial charge in [0.05, 0.1) is 11.9 Å². The zero-order chi connectivity index (χ0) is 14.7. The highest BCUT2D eigenvalue weighted by atomic mass is 127. The first-order valence-electron chi connectivity index (χ1n) is 6.98. The number of hydrogen-bond donors (Lipinski definition) is 0. The Bertz CT molecular complexity index is 737. The van der Waals surface area contributed by atoms with Gasteiger partial charge in [-0.2, -0.15) is 11.8 Å². The molecule has 0 fully saturated rings. The number of hydrogen-bond acceptors (Lipinski definition) is 2. The van der Waals surface area contributed by atoms with Gasteiger partial charge in [0.15, 0.2) is 0 Å². The largest absolute Gasteiger partial charge is 0.302 e. The van der Waals surface area contributed by atoms with Gasteiger partial charge in [-0.05, 0) is 58.9 Å². The van der Waals surface area contributed by atoms with E-state index in [4.69, 9.17) is 0 Å². The van der Waals surface area contributed by atoms with Crippen molar-refractivity contribution in [1.82, 2.24) is 9.38 Å². The van der Waals surface area contributed by atoms with Gasteiger partial charge in [-0.1, -0.05) is 30.3 Å². The second kappa shape index (κ2) is 6.83. The van der Waals surface area contributed by atoms with E-state index in [2.05, 4.69) is 81.5 Å². The van der Waals surface area contributed by atoms with Gasteiger partial charge in [-0.25, -0.2) is 4.98 Å². The average molecular weight is 408 g/mol. The van der Waals surface area contributed by atoms with Crippen LogP contribution in [-0.2, 0) is 12.2 Å². The van der Waals surface area contributed by atoms with Gasteiger partial charge in [0.1, 0.15) is 5.65 Å². The molecule has 0 saturated carbocycles. The molecule has 0 atom stereocenters. The smallest absolute Gasteiger partial charge is 0.139 e. The summed E-state index contributed by atoms with van der Waals surface area (Å²) in [5.74, 6) is 2.15. The molecule has 0 aliphatic carbocycles. The maximum absolute atomic E-state index is 4.54. The molecule has 4 heteroatoms. The Morgan fingerprint density at radius 1 is 1.24 bits per heavy atom. The van der Waals surface area contributed by atoms with Crippen molar-refractivity contribution >= 4 is 40.0 Å². The molecule has 108 valence electrons. The summed E-state index contributed by atoms with van der Waals surface area (Å²) >= 11 is 4.33. The fourth-order valence-electron chi connectivity index (χ4n) is 2.38. The highest BCUT2D eigenvalue weighted by Gasteiger charge is 2.06. The summed E-state index contributed by atoms with van der Waals surface area (Å²) in [6.07, 6.45) is 5.30. The summed E-state index contributed by atoms with van der Waals surface area (Å²) in [5.41, 5.74) is 5.01. The van der Waals surface area contributed by atoms with E-state index in [-0.39, 0.29) is 0 Å². The first kappa shape index (κ1) is 14.9. The van der Waals surface area contributed by atoms with E-state index in [0.29, 0.717) is 0 Å². The molecular weight excluding hydrogens is 391 g/mol. The number of benzene rings is 1. The Kier molecular flexibility index (Phi) is 4.85. The van der Waals surface area contributed by atoms with Crippen LogP contribution in [0.1, 0.15) is 16.8 Å². The second-order valence-corrected chi connectivity index (χ2v) is 7.42. The predicted molar refractivity (Wildman–Crippen MR) is 99.0 cm³/mol. The third-order valence-corrected chi connectivity index (χ3v) is 5.04. The minimum absolute atomic E-state index is 1.01. The number of aryl methyl sites for hydroxylation is 2. The van der Waals surface area contributed by atoms with Gasteiger partial charge in [-0.15, -0.1) is 0 Å². The average Bonchev–Trinajstić information content (AvgIpc) is 2.88. The number of halogens is 1. The van der Waals surface area contributed by atoms with Crippen LogP contribution < -0.4 is 0 Å². The van der Waals surface area contributed by atoms with E-state index in [1.165, 1.54) is 20.4 Å². The molecule has 0 spiro atoms. The van der Waals surface area contributed by atoms with Crippen LogP contribution in [0.2, 0.25) is 0 Å². The number of aromatic nitrogens is 2. The fourth-order valence-corrected chi connectivity index (χ4v) is 4.07. The van der Waals surface area contributed by atoms with Gasteiger partial charge in [0.25, 0.3) is 0 Å². The maximum atomic E-state index is 4.54. The van der Waals surface area contributed by atoms with Gasteiger partial charge in [0, 0.05) is 15.5 Å². The first-order valence-corrected chi connectivity index (χ1v) is 9.21. The number of thioether (sulfide) groups is 1. The Morgan fingerprint density at radius 3 is 2.86 bits per heavy atom.